The van der Waals surface area contributed by atoms with E-state index in [0.717, 1.165) is 0 Å². The van der Waals surface area contributed by atoms with Crippen molar-refractivity contribution >= 4 is 47.1 Å². The van der Waals surface area contributed by atoms with Crippen molar-refractivity contribution in [2.24, 2.45) is 0 Å². The molecule has 0 saturated carbocycles. The molecule has 2 amide bonds. The molecule has 0 aliphatic heterocycles. The molecule has 148 valence electrons. The Balaban J connectivity index is 2.70. The van der Waals surface area contributed by atoms with Crippen LogP contribution in [0, 0.1) is 0 Å². The molecule has 0 aromatic heterocycles. The van der Waals surface area contributed by atoms with Crippen molar-refractivity contribution in [1.82, 2.24) is 5.32 Å². The van der Waals surface area contributed by atoms with E-state index in [9.17, 15) is 24.3 Å². The van der Waals surface area contributed by atoms with Crippen molar-refractivity contribution < 1.29 is 33.5 Å². The Kier molecular flexibility index (Phi) is 8.60. The molecular formula is C16H22N2O7P2. The first-order chi connectivity index (χ1) is 12.5. The van der Waals surface area contributed by atoms with E-state index in [1.165, 1.54) is 12.1 Å². The highest BCUT2D eigenvalue weighted by atomic mass is 32.0. The van der Waals surface area contributed by atoms with Gasteiger partial charge in [0.05, 0.1) is 8.50 Å². The lowest BCUT2D eigenvalue weighted by molar-refractivity contribution is -0.144. The second kappa shape index (κ2) is 10.2. The summed E-state index contributed by atoms with van der Waals surface area (Å²) in [5.74, 6) is -3.12. The van der Waals surface area contributed by atoms with E-state index < -0.39 is 35.6 Å². The fraction of sp³-hybridized carbons (Fsp3) is 0.375. The Bertz CT molecular complexity index is 702. The predicted molar refractivity (Wildman–Crippen MR) is 104 cm³/mol. The third-order valence-corrected chi connectivity index (χ3v) is 3.63. The molecule has 0 spiro atoms. The van der Waals surface area contributed by atoms with Gasteiger partial charge in [-0.2, -0.15) is 0 Å². The van der Waals surface area contributed by atoms with Crippen molar-refractivity contribution in [3.63, 3.8) is 0 Å². The quantitative estimate of drug-likeness (QED) is 0.478. The zero-order valence-corrected chi connectivity index (χ0v) is 17.2. The van der Waals surface area contributed by atoms with Gasteiger partial charge < -0.3 is 25.0 Å². The molecule has 27 heavy (non-hydrogen) atoms. The number of carboxylic acid groups (broad SMARTS) is 1. The first-order valence-electron chi connectivity index (χ1n) is 7.81. The minimum Gasteiger partial charge on any atom is -0.480 e. The molecule has 0 fully saturated rings. The van der Waals surface area contributed by atoms with E-state index in [1.807, 2.05) is 0 Å². The number of amides is 2. The molecule has 0 radical (unpaired) electrons. The molecule has 9 nitrogen and oxygen atoms in total. The van der Waals surface area contributed by atoms with Crippen molar-refractivity contribution in [3.05, 3.63) is 29.8 Å². The van der Waals surface area contributed by atoms with Gasteiger partial charge in [-0.1, -0.05) is 21.1 Å². The zero-order valence-electron chi connectivity index (χ0n) is 15.1. The number of carbonyl (C=O) groups excluding carboxylic acids is 3. The number of ether oxygens (including phenoxy) is 1. The molecule has 2 unspecified atom stereocenters. The molecule has 3 N–H and O–H groups in total. The van der Waals surface area contributed by atoms with Crippen molar-refractivity contribution in [1.29, 1.82) is 0 Å². The highest BCUT2D eigenvalue weighted by Gasteiger charge is 2.24. The number of nitrogens with one attached hydrogen (secondary N) is 2. The Hall–Kier alpha value is -2.24. The molecule has 11 heteroatoms. The monoisotopic (exact) mass is 416 g/mol. The molecule has 0 aliphatic carbocycles. The van der Waals surface area contributed by atoms with Crippen LogP contribution in [-0.4, -0.2) is 40.7 Å². The summed E-state index contributed by atoms with van der Waals surface area (Å²) in [5.41, 5.74) is 0.204. The summed E-state index contributed by atoms with van der Waals surface area (Å²) in [6.45, 7) is 5.01. The van der Waals surface area contributed by atoms with Gasteiger partial charge >= 0.3 is 23.9 Å². The number of alkyl carbamates (subject to hydrolysis) is 1. The lowest BCUT2D eigenvalue weighted by Gasteiger charge is -2.22. The summed E-state index contributed by atoms with van der Waals surface area (Å²) in [6, 6.07) is 4.99. The summed E-state index contributed by atoms with van der Waals surface area (Å²) < 4.78 is 9.63. The minimum atomic E-state index is -1.21. The van der Waals surface area contributed by atoms with Gasteiger partial charge in [-0.3, -0.25) is 4.79 Å². The maximum atomic E-state index is 11.8. The highest BCUT2D eigenvalue weighted by Crippen LogP contribution is 2.21. The molecule has 0 saturated heterocycles. The van der Waals surface area contributed by atoms with Gasteiger partial charge in [0.2, 0.25) is 0 Å². The van der Waals surface area contributed by atoms with Crippen LogP contribution in [0.2, 0.25) is 0 Å². The first kappa shape index (κ1) is 22.8. The molecule has 1 rings (SSSR count). The van der Waals surface area contributed by atoms with E-state index in [0.29, 0.717) is 11.3 Å². The number of aliphatic carboxylic acids is 1. The van der Waals surface area contributed by atoms with Crippen LogP contribution in [0.3, 0.4) is 0 Å². The maximum Gasteiger partial charge on any atom is 0.408 e. The Morgan fingerprint density at radius 2 is 1.78 bits per heavy atom. The minimum absolute atomic E-state index is 0.0129. The second-order valence-corrected chi connectivity index (χ2v) is 7.55. The molecule has 0 aliphatic rings. The third-order valence-electron chi connectivity index (χ3n) is 2.98. The third kappa shape index (κ3) is 8.80. The summed E-state index contributed by atoms with van der Waals surface area (Å²) >= 11 is 0. The van der Waals surface area contributed by atoms with Crippen LogP contribution in [0.25, 0.3) is 0 Å². The van der Waals surface area contributed by atoms with Crippen LogP contribution < -0.4 is 10.6 Å². The molecule has 0 heterocycles. The SMILES string of the molecule is CC(C)(C)OC(=O)N[C@@H](Cc1ccc(NC(=O)C(=O)OPP)cc1)C(=O)O. The fourth-order valence-electron chi connectivity index (χ4n) is 1.89. The van der Waals surface area contributed by atoms with Gasteiger partial charge in [0, 0.05) is 12.1 Å². The van der Waals surface area contributed by atoms with Crippen LogP contribution in [0.1, 0.15) is 26.3 Å². The summed E-state index contributed by atoms with van der Waals surface area (Å²) in [7, 11) is 1.97. The van der Waals surface area contributed by atoms with Gasteiger partial charge in [-0.15, -0.1) is 0 Å². The Labute approximate surface area is 160 Å². The van der Waals surface area contributed by atoms with Crippen LogP contribution in [0.15, 0.2) is 24.3 Å². The topological polar surface area (TPSA) is 131 Å². The van der Waals surface area contributed by atoms with Crippen LogP contribution in [0.5, 0.6) is 0 Å². The zero-order chi connectivity index (χ0) is 20.6. The molecule has 1 aromatic rings. The van der Waals surface area contributed by atoms with Gasteiger partial charge in [-0.25, -0.2) is 14.4 Å². The van der Waals surface area contributed by atoms with E-state index in [2.05, 4.69) is 24.1 Å². The molecule has 0 bridgehead atoms. The first-order valence-corrected chi connectivity index (χ1v) is 10.5. The smallest absolute Gasteiger partial charge is 0.408 e. The second-order valence-electron chi connectivity index (χ2n) is 6.40. The molecular weight excluding hydrogens is 394 g/mol. The van der Waals surface area contributed by atoms with Gasteiger partial charge in [-0.05, 0) is 38.5 Å². The lowest BCUT2D eigenvalue weighted by Crippen LogP contribution is -2.44. The normalized spacial score (nSPS) is 12.3. The molecule has 3 atom stereocenters. The van der Waals surface area contributed by atoms with Crippen LogP contribution in [0.4, 0.5) is 10.5 Å². The standard InChI is InChI=1S/C16H22N2O7P2/c1-16(2,3)24-15(23)18-11(13(20)21)8-9-4-6-10(7-5-9)17-12(19)14(22)25-27-26/h4-7,11,27H,8,26H2,1-3H3,(H,17,19)(H,18,23)(H,20,21)/t11-/m0/s1. The van der Waals surface area contributed by atoms with Crippen molar-refractivity contribution in [2.75, 3.05) is 5.32 Å². The van der Waals surface area contributed by atoms with E-state index >= 15 is 0 Å². The highest BCUT2D eigenvalue weighted by molar-refractivity contribution is 8.00. The number of carboxylic acids is 1. The number of rotatable bonds is 6. The van der Waals surface area contributed by atoms with E-state index in [1.54, 1.807) is 32.9 Å². The maximum absolute atomic E-state index is 11.8. The number of benzene rings is 1. The number of anilines is 1. The van der Waals surface area contributed by atoms with E-state index in [-0.39, 0.29) is 14.9 Å². The number of hydrogen-bond donors (Lipinski definition) is 3. The van der Waals surface area contributed by atoms with Crippen LogP contribution >= 0.6 is 17.4 Å². The predicted octanol–water partition coefficient (Wildman–Crippen LogP) is 2.07. The average molecular weight is 416 g/mol. The average Bonchev–Trinajstić information content (AvgIpc) is 2.54. The largest absolute Gasteiger partial charge is 0.480 e. The van der Waals surface area contributed by atoms with Gasteiger partial charge in [0.25, 0.3) is 0 Å². The van der Waals surface area contributed by atoms with Crippen molar-refractivity contribution in [2.45, 2.75) is 38.8 Å². The van der Waals surface area contributed by atoms with Crippen molar-refractivity contribution in [3.8, 4) is 0 Å². The number of hydrogen-bond acceptors (Lipinski definition) is 6. The summed E-state index contributed by atoms with van der Waals surface area (Å²) in [5, 5.41) is 14.0. The summed E-state index contributed by atoms with van der Waals surface area (Å²) in [4.78, 5) is 46.0. The van der Waals surface area contributed by atoms with Gasteiger partial charge in [0.15, 0.2) is 0 Å². The van der Waals surface area contributed by atoms with Gasteiger partial charge in [0.1, 0.15) is 11.6 Å². The van der Waals surface area contributed by atoms with E-state index in [4.69, 9.17) is 4.74 Å². The number of carbonyl (C=O) groups is 4. The Morgan fingerprint density at radius 3 is 2.26 bits per heavy atom. The Morgan fingerprint density at radius 1 is 1.19 bits per heavy atom. The fourth-order valence-corrected chi connectivity index (χ4v) is 2.41. The summed E-state index contributed by atoms with van der Waals surface area (Å²) in [6.07, 6.45) is -0.814. The van der Waals surface area contributed by atoms with Crippen LogP contribution in [-0.2, 0) is 30.1 Å². The molecule has 1 aromatic carbocycles. The lowest BCUT2D eigenvalue weighted by atomic mass is 10.1.